The van der Waals surface area contributed by atoms with Gasteiger partial charge in [-0.2, -0.15) is 10.3 Å². The number of likely N-dealkylation sites (tertiary alicyclic amines) is 1. The molecule has 0 aliphatic carbocycles. The zero-order valence-corrected chi connectivity index (χ0v) is 27.3. The fourth-order valence-electron chi connectivity index (χ4n) is 6.06. The van der Waals surface area contributed by atoms with E-state index in [9.17, 15) is 14.4 Å². The highest BCUT2D eigenvalue weighted by molar-refractivity contribution is 5.89. The molecule has 0 radical (unpaired) electrons. The van der Waals surface area contributed by atoms with Gasteiger partial charge in [0.25, 0.3) is 0 Å². The van der Waals surface area contributed by atoms with Gasteiger partial charge in [0.2, 0.25) is 11.8 Å². The Morgan fingerprint density at radius 3 is 2.37 bits per heavy atom. The maximum Gasteiger partial charge on any atom is 0.410 e. The molecule has 2 aliphatic rings. The number of ether oxygens (including phenoxy) is 1. The second kappa shape index (κ2) is 13.9. The topological polar surface area (TPSA) is 124 Å². The second-order valence-electron chi connectivity index (χ2n) is 13.3. The summed E-state index contributed by atoms with van der Waals surface area (Å²) in [7, 11) is 0. The number of anilines is 1. The van der Waals surface area contributed by atoms with Crippen LogP contribution in [0.5, 0.6) is 0 Å². The average molecular weight is 634 g/mol. The largest absolute Gasteiger partial charge is 0.444 e. The Bertz CT molecular complexity index is 1530. The highest BCUT2D eigenvalue weighted by Crippen LogP contribution is 2.28. The summed E-state index contributed by atoms with van der Waals surface area (Å²) in [6.07, 6.45) is 0.841. The lowest BCUT2D eigenvalue weighted by molar-refractivity contribution is -0.138. The molecule has 11 nitrogen and oxygen atoms in total. The van der Waals surface area contributed by atoms with E-state index in [1.54, 1.807) is 15.9 Å². The quantitative estimate of drug-likeness (QED) is 0.373. The Kier molecular flexibility index (Phi) is 9.93. The van der Waals surface area contributed by atoms with Crippen molar-refractivity contribution in [1.82, 2.24) is 30.5 Å². The minimum absolute atomic E-state index is 0.0219. The van der Waals surface area contributed by atoms with E-state index in [1.165, 1.54) is 6.07 Å². The van der Waals surface area contributed by atoms with Gasteiger partial charge in [-0.05, 0) is 62.3 Å². The molecular weight excluding hydrogens is 589 g/mol. The van der Waals surface area contributed by atoms with Crippen molar-refractivity contribution in [1.29, 1.82) is 0 Å². The van der Waals surface area contributed by atoms with E-state index in [4.69, 9.17) is 4.74 Å². The smallest absolute Gasteiger partial charge is 0.410 e. The molecule has 12 heteroatoms. The van der Waals surface area contributed by atoms with E-state index >= 15 is 4.39 Å². The molecule has 2 saturated heterocycles. The van der Waals surface area contributed by atoms with Crippen LogP contribution in [0, 0.1) is 5.82 Å². The normalized spacial score (nSPS) is 17.7. The lowest BCUT2D eigenvalue weighted by Crippen LogP contribution is -2.50. The van der Waals surface area contributed by atoms with Gasteiger partial charge >= 0.3 is 6.09 Å². The molecule has 2 fully saturated rings. The van der Waals surface area contributed by atoms with Crippen LogP contribution in [0.4, 0.5) is 15.0 Å². The summed E-state index contributed by atoms with van der Waals surface area (Å²) in [4.78, 5) is 45.2. The number of H-pyrrole nitrogens is 1. The first kappa shape index (κ1) is 32.9. The van der Waals surface area contributed by atoms with Gasteiger partial charge in [0.1, 0.15) is 23.2 Å². The molecule has 0 spiro atoms. The number of amides is 3. The van der Waals surface area contributed by atoms with Crippen molar-refractivity contribution in [2.24, 2.45) is 0 Å². The van der Waals surface area contributed by atoms with Gasteiger partial charge in [-0.15, -0.1) is 5.10 Å². The zero-order chi connectivity index (χ0) is 33.0. The monoisotopic (exact) mass is 633 g/mol. The van der Waals surface area contributed by atoms with Crippen molar-refractivity contribution < 1.29 is 23.5 Å². The molecule has 2 aliphatic heterocycles. The Morgan fingerprint density at radius 2 is 1.72 bits per heavy atom. The summed E-state index contributed by atoms with van der Waals surface area (Å²) in [5.41, 5.74) is 1.99. The molecule has 246 valence electrons. The minimum Gasteiger partial charge on any atom is -0.444 e. The molecule has 3 amide bonds. The zero-order valence-electron chi connectivity index (χ0n) is 27.3. The van der Waals surface area contributed by atoms with Crippen molar-refractivity contribution in [2.75, 3.05) is 37.6 Å². The van der Waals surface area contributed by atoms with Crippen LogP contribution in [0.15, 0.2) is 48.5 Å². The first-order valence-electron chi connectivity index (χ1n) is 16.0. The Morgan fingerprint density at radius 1 is 1.00 bits per heavy atom. The van der Waals surface area contributed by atoms with Gasteiger partial charge in [0, 0.05) is 32.7 Å². The third-order valence-corrected chi connectivity index (χ3v) is 8.42. The number of hydrogen-bond acceptors (Lipinski definition) is 7. The number of aromatic amines is 1. The van der Waals surface area contributed by atoms with Crippen LogP contribution >= 0.6 is 0 Å². The molecule has 2 N–H and O–H groups in total. The summed E-state index contributed by atoms with van der Waals surface area (Å²) in [6, 6.07) is 13.3. The van der Waals surface area contributed by atoms with E-state index in [0.29, 0.717) is 68.2 Å². The molecule has 2 aromatic carbocycles. The molecule has 3 aromatic rings. The standard InChI is InChI=1S/C34H44FN7O4/c1-22(2)25-14-13-24(20-26(25)35)30(23-10-7-6-8-11-23)36-32(44)28-12-9-15-42(28)29(43)21-27-31(38-39-37-27)40-16-18-41(19-17-40)33(45)46-34(3,4)5/h6-8,10-11,13-14,20,22,28,30H,9,12,15-19,21H2,1-5H3,(H,36,44)(H,37,38,39)/t28-,30-/m0/s1. The van der Waals surface area contributed by atoms with Gasteiger partial charge in [-0.1, -0.05) is 56.3 Å². The van der Waals surface area contributed by atoms with Crippen LogP contribution in [-0.4, -0.2) is 87.5 Å². The van der Waals surface area contributed by atoms with Crippen molar-refractivity contribution in [3.63, 3.8) is 0 Å². The maximum atomic E-state index is 15.0. The van der Waals surface area contributed by atoms with Crippen LogP contribution in [0.2, 0.25) is 0 Å². The van der Waals surface area contributed by atoms with Crippen LogP contribution < -0.4 is 10.2 Å². The highest BCUT2D eigenvalue weighted by Gasteiger charge is 2.36. The van der Waals surface area contributed by atoms with Crippen molar-refractivity contribution in [3.05, 3.63) is 76.7 Å². The van der Waals surface area contributed by atoms with Gasteiger partial charge in [-0.25, -0.2) is 9.18 Å². The molecule has 0 bridgehead atoms. The number of carbonyl (C=O) groups is 3. The van der Waals surface area contributed by atoms with Crippen LogP contribution in [-0.2, 0) is 20.7 Å². The fourth-order valence-corrected chi connectivity index (χ4v) is 6.06. The average Bonchev–Trinajstić information content (AvgIpc) is 3.69. The number of nitrogens with zero attached hydrogens (tertiary/aromatic N) is 5. The third kappa shape index (κ3) is 7.66. The lowest BCUT2D eigenvalue weighted by atomic mass is 9.94. The van der Waals surface area contributed by atoms with Crippen LogP contribution in [0.1, 0.15) is 81.8 Å². The first-order valence-corrected chi connectivity index (χ1v) is 16.0. The maximum absolute atomic E-state index is 15.0. The van der Waals surface area contributed by atoms with Crippen LogP contribution in [0.25, 0.3) is 0 Å². The molecule has 1 aromatic heterocycles. The number of benzene rings is 2. The van der Waals surface area contributed by atoms with E-state index in [-0.39, 0.29) is 36.1 Å². The van der Waals surface area contributed by atoms with Gasteiger partial charge in [0.15, 0.2) is 5.82 Å². The van der Waals surface area contributed by atoms with Crippen molar-refractivity contribution in [3.8, 4) is 0 Å². The number of halogens is 1. The molecule has 3 heterocycles. The van der Waals surface area contributed by atoms with Gasteiger partial charge in [0.05, 0.1) is 12.5 Å². The first-order chi connectivity index (χ1) is 21.9. The molecular formula is C34H44FN7O4. The SMILES string of the molecule is CC(C)c1ccc([C@@H](NC(=O)[C@@H]2CCCN2C(=O)Cc2n[nH]nc2N2CCN(C(=O)OC(C)(C)C)CC2)c2ccccc2)cc1F. The van der Waals surface area contributed by atoms with E-state index in [2.05, 4.69) is 20.7 Å². The second-order valence-corrected chi connectivity index (χ2v) is 13.3. The minimum atomic E-state index is -0.661. The Balaban J connectivity index is 1.25. The number of nitrogens with one attached hydrogen (secondary N) is 2. The molecule has 46 heavy (non-hydrogen) atoms. The fraction of sp³-hybridized carbons (Fsp3) is 0.500. The van der Waals surface area contributed by atoms with Crippen molar-refractivity contribution >= 4 is 23.7 Å². The van der Waals surface area contributed by atoms with E-state index in [0.717, 1.165) is 5.56 Å². The summed E-state index contributed by atoms with van der Waals surface area (Å²) < 4.78 is 20.5. The predicted molar refractivity (Wildman–Crippen MR) is 172 cm³/mol. The van der Waals surface area contributed by atoms with E-state index in [1.807, 2.05) is 75.9 Å². The summed E-state index contributed by atoms with van der Waals surface area (Å²) >= 11 is 0. The van der Waals surface area contributed by atoms with E-state index < -0.39 is 17.7 Å². The Labute approximate surface area is 269 Å². The number of piperazine rings is 1. The summed E-state index contributed by atoms with van der Waals surface area (Å²) in [6.45, 7) is 11.8. The Hall–Kier alpha value is -4.48. The number of aromatic nitrogens is 3. The molecule has 2 atom stereocenters. The van der Waals surface area contributed by atoms with Gasteiger partial charge in [-0.3, -0.25) is 9.59 Å². The molecule has 0 unspecified atom stereocenters. The molecule has 5 rings (SSSR count). The van der Waals surface area contributed by atoms with Crippen molar-refractivity contribution in [2.45, 2.75) is 77.5 Å². The third-order valence-electron chi connectivity index (χ3n) is 8.42. The summed E-state index contributed by atoms with van der Waals surface area (Å²) in [5.74, 6) is -0.220. The van der Waals surface area contributed by atoms with Crippen LogP contribution in [0.3, 0.4) is 0 Å². The number of rotatable bonds is 8. The highest BCUT2D eigenvalue weighted by atomic mass is 19.1. The predicted octanol–water partition coefficient (Wildman–Crippen LogP) is 4.56. The lowest BCUT2D eigenvalue weighted by Gasteiger charge is -2.35. The number of carbonyl (C=O) groups excluding carboxylic acids is 3. The summed E-state index contributed by atoms with van der Waals surface area (Å²) in [5, 5.41) is 14.3. The van der Waals surface area contributed by atoms with Gasteiger partial charge < -0.3 is 24.8 Å². The number of hydrogen-bond donors (Lipinski definition) is 2. The molecule has 0 saturated carbocycles.